The van der Waals surface area contributed by atoms with Crippen molar-refractivity contribution in [1.29, 1.82) is 0 Å². The molecule has 1 aromatic rings. The Balaban J connectivity index is 2.28. The Morgan fingerprint density at radius 3 is 1.97 bits per heavy atom. The van der Waals surface area contributed by atoms with Crippen LogP contribution in [0.5, 0.6) is 0 Å². The summed E-state index contributed by atoms with van der Waals surface area (Å²) in [5, 5.41) is 0. The van der Waals surface area contributed by atoms with Crippen molar-refractivity contribution in [2.45, 2.75) is 90.9 Å². The molecule has 1 rings (SSSR count). The Morgan fingerprint density at radius 1 is 0.767 bits per heavy atom. The average molecular weight is 417 g/mol. The monoisotopic (exact) mass is 416 g/mol. The number of ether oxygens (including phenoxy) is 2. The topological polar surface area (TPSA) is 52.6 Å². The lowest BCUT2D eigenvalue weighted by Gasteiger charge is -2.06. The minimum absolute atomic E-state index is 0.315. The largest absolute Gasteiger partial charge is 0.463 e. The van der Waals surface area contributed by atoms with Gasteiger partial charge >= 0.3 is 11.9 Å². The molecule has 0 atom stereocenters. The Bertz CT molecular complexity index is 621. The maximum Gasteiger partial charge on any atom is 0.338 e. The van der Waals surface area contributed by atoms with Crippen molar-refractivity contribution >= 4 is 18.0 Å². The van der Waals surface area contributed by atoms with Crippen LogP contribution in [0.2, 0.25) is 0 Å². The smallest absolute Gasteiger partial charge is 0.338 e. The Hall–Kier alpha value is -2.10. The maximum absolute atomic E-state index is 12.2. The highest BCUT2D eigenvalue weighted by molar-refractivity contribution is 5.91. The van der Waals surface area contributed by atoms with Crippen molar-refractivity contribution in [1.82, 2.24) is 0 Å². The number of unbranched alkanes of at least 4 members (excludes halogenated alkanes) is 10. The van der Waals surface area contributed by atoms with Crippen LogP contribution >= 0.6 is 0 Å². The van der Waals surface area contributed by atoms with E-state index in [4.69, 9.17) is 9.47 Å². The van der Waals surface area contributed by atoms with Gasteiger partial charge in [0.1, 0.15) is 0 Å². The number of hydrogen-bond acceptors (Lipinski definition) is 4. The number of carbonyl (C=O) groups excluding carboxylic acids is 2. The van der Waals surface area contributed by atoms with E-state index in [1.807, 2.05) is 6.07 Å². The van der Waals surface area contributed by atoms with Gasteiger partial charge in [-0.25, -0.2) is 9.59 Å². The highest BCUT2D eigenvalue weighted by Gasteiger charge is 2.07. The van der Waals surface area contributed by atoms with Crippen molar-refractivity contribution in [2.75, 3.05) is 13.2 Å². The molecular formula is C26H40O4. The first kappa shape index (κ1) is 25.9. The molecule has 0 fully saturated rings. The predicted molar refractivity (Wildman–Crippen MR) is 123 cm³/mol. The highest BCUT2D eigenvalue weighted by atomic mass is 16.5. The number of carbonyl (C=O) groups is 2. The van der Waals surface area contributed by atoms with Gasteiger partial charge in [0.25, 0.3) is 0 Å². The molecule has 0 heterocycles. The molecule has 1 aromatic carbocycles. The first-order valence-corrected chi connectivity index (χ1v) is 11.8. The summed E-state index contributed by atoms with van der Waals surface area (Å²) in [4.78, 5) is 24.0. The van der Waals surface area contributed by atoms with E-state index in [-0.39, 0.29) is 11.9 Å². The number of esters is 2. The minimum Gasteiger partial charge on any atom is -0.463 e. The van der Waals surface area contributed by atoms with Gasteiger partial charge in [0.05, 0.1) is 18.8 Å². The van der Waals surface area contributed by atoms with Gasteiger partial charge in [0, 0.05) is 6.08 Å². The maximum atomic E-state index is 12.2. The lowest BCUT2D eigenvalue weighted by atomic mass is 10.1. The quantitative estimate of drug-likeness (QED) is 0.154. The zero-order chi connectivity index (χ0) is 21.9. The van der Waals surface area contributed by atoms with E-state index in [2.05, 4.69) is 13.8 Å². The van der Waals surface area contributed by atoms with Crippen LogP contribution in [0.15, 0.2) is 30.3 Å². The van der Waals surface area contributed by atoms with E-state index in [0.29, 0.717) is 18.8 Å². The molecule has 4 heteroatoms. The van der Waals surface area contributed by atoms with Crippen molar-refractivity contribution in [3.8, 4) is 0 Å². The summed E-state index contributed by atoms with van der Waals surface area (Å²) in [5.41, 5.74) is 1.28. The van der Waals surface area contributed by atoms with E-state index in [1.54, 1.807) is 24.3 Å². The molecule has 30 heavy (non-hydrogen) atoms. The molecule has 0 aliphatic rings. The average Bonchev–Trinajstić information content (AvgIpc) is 2.76. The molecule has 0 saturated heterocycles. The van der Waals surface area contributed by atoms with Crippen LogP contribution in [0.1, 0.15) is 107 Å². The van der Waals surface area contributed by atoms with Crippen molar-refractivity contribution < 1.29 is 19.1 Å². The molecule has 0 saturated carbocycles. The molecule has 0 amide bonds. The molecule has 0 unspecified atom stereocenters. The third-order valence-corrected chi connectivity index (χ3v) is 5.01. The van der Waals surface area contributed by atoms with Gasteiger partial charge in [-0.3, -0.25) is 0 Å². The van der Waals surface area contributed by atoms with Gasteiger partial charge < -0.3 is 9.47 Å². The van der Waals surface area contributed by atoms with Crippen molar-refractivity contribution in [3.63, 3.8) is 0 Å². The zero-order valence-corrected chi connectivity index (χ0v) is 19.0. The minimum atomic E-state index is -0.348. The fourth-order valence-electron chi connectivity index (χ4n) is 3.17. The molecule has 4 nitrogen and oxygen atoms in total. The first-order chi connectivity index (χ1) is 14.7. The summed E-state index contributed by atoms with van der Waals surface area (Å²) in [6.07, 6.45) is 17.0. The van der Waals surface area contributed by atoms with E-state index in [1.165, 1.54) is 57.4 Å². The summed E-state index contributed by atoms with van der Waals surface area (Å²) < 4.78 is 10.6. The lowest BCUT2D eigenvalue weighted by Crippen LogP contribution is -2.06. The van der Waals surface area contributed by atoms with Gasteiger partial charge in [0.2, 0.25) is 0 Å². The molecule has 0 radical (unpaired) electrons. The van der Waals surface area contributed by atoms with Crippen LogP contribution in [0, 0.1) is 0 Å². The molecule has 0 aliphatic carbocycles. The SMILES string of the molecule is CCCCCCCCOC(=O)/C=C\c1cccc(C(=O)OCCCCCCCC)c1. The van der Waals surface area contributed by atoms with Crippen LogP contribution in [-0.4, -0.2) is 25.2 Å². The molecular weight excluding hydrogens is 376 g/mol. The number of benzene rings is 1. The van der Waals surface area contributed by atoms with Gasteiger partial charge in [-0.2, -0.15) is 0 Å². The lowest BCUT2D eigenvalue weighted by molar-refractivity contribution is -0.137. The Labute approximate surface area is 183 Å². The fraction of sp³-hybridized carbons (Fsp3) is 0.615. The molecule has 0 aliphatic heterocycles. The van der Waals surface area contributed by atoms with Crippen molar-refractivity contribution in [2.24, 2.45) is 0 Å². The molecule has 0 bridgehead atoms. The van der Waals surface area contributed by atoms with Gasteiger partial charge in [-0.1, -0.05) is 90.2 Å². The second kappa shape index (κ2) is 17.7. The molecule has 168 valence electrons. The summed E-state index contributed by atoms with van der Waals surface area (Å²) in [6, 6.07) is 7.11. The van der Waals surface area contributed by atoms with E-state index in [0.717, 1.165) is 31.2 Å². The standard InChI is InChI=1S/C26H40O4/c1-3-5-7-9-11-13-20-29-25(27)19-18-23-16-15-17-24(22-23)26(28)30-21-14-12-10-8-6-4-2/h15-19,22H,3-14,20-21H2,1-2H3/b19-18-. The third kappa shape index (κ3) is 13.2. The second-order valence-corrected chi connectivity index (χ2v) is 7.80. The van der Waals surface area contributed by atoms with E-state index < -0.39 is 0 Å². The molecule has 0 spiro atoms. The summed E-state index contributed by atoms with van der Waals surface area (Å²) in [7, 11) is 0. The highest BCUT2D eigenvalue weighted by Crippen LogP contribution is 2.11. The van der Waals surface area contributed by atoms with Gasteiger partial charge in [-0.15, -0.1) is 0 Å². The Morgan fingerprint density at radius 2 is 1.33 bits per heavy atom. The fourth-order valence-corrected chi connectivity index (χ4v) is 3.17. The van der Waals surface area contributed by atoms with Gasteiger partial charge in [-0.05, 0) is 36.6 Å². The summed E-state index contributed by atoms with van der Waals surface area (Å²) >= 11 is 0. The van der Waals surface area contributed by atoms with E-state index in [9.17, 15) is 9.59 Å². The van der Waals surface area contributed by atoms with Crippen LogP contribution in [0.3, 0.4) is 0 Å². The third-order valence-electron chi connectivity index (χ3n) is 5.01. The summed E-state index contributed by atoms with van der Waals surface area (Å²) in [6.45, 7) is 5.31. The van der Waals surface area contributed by atoms with E-state index >= 15 is 0 Å². The van der Waals surface area contributed by atoms with Gasteiger partial charge in [0.15, 0.2) is 0 Å². The number of rotatable bonds is 17. The summed E-state index contributed by atoms with van der Waals surface area (Å²) in [5.74, 6) is -0.663. The second-order valence-electron chi connectivity index (χ2n) is 7.80. The van der Waals surface area contributed by atoms with Crippen LogP contribution in [0.4, 0.5) is 0 Å². The van der Waals surface area contributed by atoms with Crippen LogP contribution in [0.25, 0.3) is 6.08 Å². The molecule has 0 N–H and O–H groups in total. The normalized spacial score (nSPS) is 11.0. The van der Waals surface area contributed by atoms with Crippen LogP contribution < -0.4 is 0 Å². The Kier molecular flexibility index (Phi) is 15.3. The van der Waals surface area contributed by atoms with Crippen molar-refractivity contribution in [3.05, 3.63) is 41.5 Å². The predicted octanol–water partition coefficient (Wildman–Crippen LogP) is 7.12. The molecule has 0 aromatic heterocycles. The number of hydrogen-bond donors (Lipinski definition) is 0. The zero-order valence-electron chi connectivity index (χ0n) is 19.0. The van der Waals surface area contributed by atoms with Crippen LogP contribution in [-0.2, 0) is 14.3 Å². The first-order valence-electron chi connectivity index (χ1n) is 11.8.